The van der Waals surface area contributed by atoms with Gasteiger partial charge in [0.1, 0.15) is 12.2 Å². The Balaban J connectivity index is 1.82. The number of rotatable bonds is 1. The molecule has 5 nitrogen and oxygen atoms in total. The Bertz CT molecular complexity index is 411. The Morgan fingerprint density at radius 1 is 0.857 bits per heavy atom. The fourth-order valence-corrected chi connectivity index (χ4v) is 3.71. The molecule has 0 aliphatic carbocycles. The van der Waals surface area contributed by atoms with Crippen LogP contribution in [0.5, 0.6) is 0 Å². The molecule has 0 amide bonds. The second-order valence-electron chi connectivity index (χ2n) is 8.33. The van der Waals surface area contributed by atoms with E-state index in [1.807, 2.05) is 27.7 Å². The van der Waals surface area contributed by atoms with Crippen LogP contribution in [-0.4, -0.2) is 42.8 Å². The Labute approximate surface area is 127 Å². The third-order valence-corrected chi connectivity index (χ3v) is 4.48. The van der Waals surface area contributed by atoms with E-state index in [4.69, 9.17) is 23.7 Å². The van der Waals surface area contributed by atoms with Gasteiger partial charge in [-0.25, -0.2) is 0 Å². The van der Waals surface area contributed by atoms with Gasteiger partial charge in [-0.05, 0) is 33.1 Å². The first-order chi connectivity index (χ1) is 9.49. The van der Waals surface area contributed by atoms with Gasteiger partial charge < -0.3 is 23.7 Å². The van der Waals surface area contributed by atoms with Gasteiger partial charge in [0.2, 0.25) is 0 Å². The third kappa shape index (κ3) is 2.86. The van der Waals surface area contributed by atoms with Crippen LogP contribution >= 0.6 is 0 Å². The van der Waals surface area contributed by atoms with Crippen LogP contribution in [0.4, 0.5) is 0 Å². The van der Waals surface area contributed by atoms with Crippen LogP contribution in [0.25, 0.3) is 0 Å². The van der Waals surface area contributed by atoms with E-state index in [1.165, 1.54) is 0 Å². The van der Waals surface area contributed by atoms with Crippen molar-refractivity contribution in [1.29, 1.82) is 0 Å². The van der Waals surface area contributed by atoms with E-state index >= 15 is 0 Å². The molecule has 3 aliphatic rings. The van der Waals surface area contributed by atoms with Crippen molar-refractivity contribution in [2.24, 2.45) is 11.3 Å². The van der Waals surface area contributed by atoms with Crippen LogP contribution in [0.1, 0.15) is 48.5 Å². The molecule has 5 heteroatoms. The largest absolute Gasteiger partial charge is 0.348 e. The predicted octanol–water partition coefficient (Wildman–Crippen LogP) is 2.68. The van der Waals surface area contributed by atoms with Gasteiger partial charge in [0.25, 0.3) is 0 Å². The first kappa shape index (κ1) is 15.7. The maximum Gasteiger partial charge on any atom is 0.187 e. The molecule has 0 N–H and O–H groups in total. The van der Waals surface area contributed by atoms with Crippen molar-refractivity contribution >= 4 is 0 Å². The average molecular weight is 300 g/mol. The molecule has 0 bridgehead atoms. The van der Waals surface area contributed by atoms with E-state index in [0.29, 0.717) is 6.61 Å². The van der Waals surface area contributed by atoms with Crippen LogP contribution in [-0.2, 0) is 23.7 Å². The van der Waals surface area contributed by atoms with E-state index in [-0.39, 0.29) is 35.9 Å². The first-order valence-corrected chi connectivity index (χ1v) is 7.81. The smallest absolute Gasteiger partial charge is 0.187 e. The van der Waals surface area contributed by atoms with Gasteiger partial charge in [-0.2, -0.15) is 0 Å². The fourth-order valence-electron chi connectivity index (χ4n) is 3.71. The van der Waals surface area contributed by atoms with E-state index in [0.717, 1.165) is 0 Å². The lowest BCUT2D eigenvalue weighted by Gasteiger charge is -2.36. The van der Waals surface area contributed by atoms with Crippen LogP contribution < -0.4 is 0 Å². The zero-order valence-electron chi connectivity index (χ0n) is 14.1. The van der Waals surface area contributed by atoms with E-state index in [1.54, 1.807) is 0 Å². The molecule has 0 aromatic rings. The molecule has 1 unspecified atom stereocenters. The van der Waals surface area contributed by atoms with Crippen molar-refractivity contribution in [3.8, 4) is 0 Å². The summed E-state index contributed by atoms with van der Waals surface area (Å²) in [7, 11) is 0. The van der Waals surface area contributed by atoms with Gasteiger partial charge in [-0.3, -0.25) is 0 Å². The summed E-state index contributed by atoms with van der Waals surface area (Å²) >= 11 is 0. The first-order valence-electron chi connectivity index (χ1n) is 7.81. The molecule has 0 saturated carbocycles. The molecule has 5 atom stereocenters. The highest BCUT2D eigenvalue weighted by Crippen LogP contribution is 2.49. The second kappa shape index (κ2) is 4.65. The monoisotopic (exact) mass is 300 g/mol. The number of fused-ring (bicyclic) bond motifs is 1. The Morgan fingerprint density at radius 2 is 1.52 bits per heavy atom. The summed E-state index contributed by atoms with van der Waals surface area (Å²) in [6.45, 7) is 14.9. The number of hydrogen-bond donors (Lipinski definition) is 0. The standard InChI is InChI=1S/C16H28O5/c1-14(2,3)10-11(9-8-17-15(4,5)19-9)18-13-12(10)20-16(6,7)21-13/h9-13H,8H2,1-7H3/t9-,10?,11-,12-,13-/m0/s1. The molecule has 21 heavy (non-hydrogen) atoms. The molecule has 0 radical (unpaired) electrons. The normalized spacial score (nSPS) is 45.0. The fraction of sp³-hybridized carbons (Fsp3) is 1.00. The maximum absolute atomic E-state index is 6.19. The van der Waals surface area contributed by atoms with E-state index in [9.17, 15) is 0 Å². The van der Waals surface area contributed by atoms with Gasteiger partial charge in [-0.1, -0.05) is 20.8 Å². The van der Waals surface area contributed by atoms with Crippen molar-refractivity contribution in [3.63, 3.8) is 0 Å². The predicted molar refractivity (Wildman–Crippen MR) is 76.5 cm³/mol. The molecule has 3 saturated heterocycles. The molecule has 3 rings (SSSR count). The Morgan fingerprint density at radius 3 is 2.05 bits per heavy atom. The minimum absolute atomic E-state index is 0.0317. The van der Waals surface area contributed by atoms with Crippen molar-refractivity contribution in [2.45, 2.75) is 84.6 Å². The average Bonchev–Trinajstić information content (AvgIpc) is 2.85. The summed E-state index contributed by atoms with van der Waals surface area (Å²) in [4.78, 5) is 0. The second-order valence-corrected chi connectivity index (χ2v) is 8.33. The van der Waals surface area contributed by atoms with Gasteiger partial charge in [-0.15, -0.1) is 0 Å². The summed E-state index contributed by atoms with van der Waals surface area (Å²) < 4.78 is 29.9. The molecule has 3 fully saturated rings. The number of hydrogen-bond acceptors (Lipinski definition) is 5. The molecule has 0 aromatic heterocycles. The van der Waals surface area contributed by atoms with Crippen molar-refractivity contribution in [1.82, 2.24) is 0 Å². The van der Waals surface area contributed by atoms with Crippen LogP contribution in [0.2, 0.25) is 0 Å². The highest BCUT2D eigenvalue weighted by molar-refractivity contribution is 5.01. The molecular formula is C16H28O5. The summed E-state index contributed by atoms with van der Waals surface area (Å²) in [5.74, 6) is -0.933. The lowest BCUT2D eigenvalue weighted by atomic mass is 9.74. The number of ether oxygens (including phenoxy) is 5. The molecule has 122 valence electrons. The topological polar surface area (TPSA) is 46.2 Å². The molecule has 3 aliphatic heterocycles. The van der Waals surface area contributed by atoms with Crippen molar-refractivity contribution in [2.75, 3.05) is 6.61 Å². The highest BCUT2D eigenvalue weighted by atomic mass is 16.8. The van der Waals surface area contributed by atoms with Gasteiger partial charge in [0.15, 0.2) is 17.9 Å². The van der Waals surface area contributed by atoms with Crippen LogP contribution in [0, 0.1) is 11.3 Å². The molecule has 0 spiro atoms. The molecule has 0 aromatic carbocycles. The molecule has 3 heterocycles. The van der Waals surface area contributed by atoms with Gasteiger partial charge >= 0.3 is 0 Å². The van der Waals surface area contributed by atoms with E-state index < -0.39 is 11.6 Å². The lowest BCUT2D eigenvalue weighted by Crippen LogP contribution is -2.44. The maximum atomic E-state index is 6.19. The summed E-state index contributed by atoms with van der Waals surface area (Å²) in [6, 6.07) is 0. The Hall–Kier alpha value is -0.200. The molecular weight excluding hydrogens is 272 g/mol. The summed E-state index contributed by atoms with van der Waals surface area (Å²) in [5.41, 5.74) is 0.0317. The minimum Gasteiger partial charge on any atom is -0.348 e. The van der Waals surface area contributed by atoms with Gasteiger partial charge in [0.05, 0.1) is 12.7 Å². The van der Waals surface area contributed by atoms with E-state index in [2.05, 4.69) is 20.8 Å². The lowest BCUT2D eigenvalue weighted by molar-refractivity contribution is -0.231. The SMILES string of the molecule is CC1(C)OC[C@@H]([C@@H]2O[C@H]3OC(C)(C)O[C@H]3C2C(C)(C)C)O1. The van der Waals surface area contributed by atoms with Crippen LogP contribution in [0.3, 0.4) is 0 Å². The quantitative estimate of drug-likeness (QED) is 0.745. The minimum atomic E-state index is -0.587. The zero-order chi connectivity index (χ0) is 15.6. The highest BCUT2D eigenvalue weighted by Gasteiger charge is 2.60. The Kier molecular flexibility index (Phi) is 3.47. The summed E-state index contributed by atoms with van der Waals surface area (Å²) in [5, 5.41) is 0. The van der Waals surface area contributed by atoms with Crippen molar-refractivity contribution in [3.05, 3.63) is 0 Å². The third-order valence-electron chi connectivity index (χ3n) is 4.48. The zero-order valence-corrected chi connectivity index (χ0v) is 14.1. The summed E-state index contributed by atoms with van der Waals surface area (Å²) in [6.07, 6.45) is -0.526. The van der Waals surface area contributed by atoms with Gasteiger partial charge in [0, 0.05) is 5.92 Å². The van der Waals surface area contributed by atoms with Crippen LogP contribution in [0.15, 0.2) is 0 Å². The van der Waals surface area contributed by atoms with Crippen molar-refractivity contribution < 1.29 is 23.7 Å².